The van der Waals surface area contributed by atoms with E-state index in [0.29, 0.717) is 25.9 Å². The first-order chi connectivity index (χ1) is 22.3. The largest absolute Gasteiger partial charge is 0.330 e. The Bertz CT molecular complexity index is 1540. The van der Waals surface area contributed by atoms with E-state index in [0.717, 1.165) is 44.9 Å². The molecule has 4 amide bonds. The first-order valence-electron chi connectivity index (χ1n) is 17.4. The number of hydrogen-bond acceptors (Lipinski definition) is 7. The van der Waals surface area contributed by atoms with Crippen LogP contribution in [0.3, 0.4) is 0 Å². The molecule has 2 atom stereocenters. The Labute approximate surface area is 279 Å². The van der Waals surface area contributed by atoms with Gasteiger partial charge in [-0.1, -0.05) is 60.1 Å². The van der Waals surface area contributed by atoms with Gasteiger partial charge in [0.2, 0.25) is 0 Å². The normalized spacial score (nSPS) is 16.2. The molecule has 0 aromatic heterocycles. The smallest absolute Gasteiger partial charge is 0.262 e. The van der Waals surface area contributed by atoms with Crippen LogP contribution in [0, 0.1) is 11.8 Å². The lowest BCUT2D eigenvalue weighted by Gasteiger charge is -2.44. The van der Waals surface area contributed by atoms with E-state index < -0.39 is 23.1 Å². The summed E-state index contributed by atoms with van der Waals surface area (Å²) in [6.45, 7) is 13.1. The number of nitrogens with two attached hydrogens (primary N) is 2. The van der Waals surface area contributed by atoms with Crippen molar-refractivity contribution in [3.63, 3.8) is 0 Å². The lowest BCUT2D eigenvalue weighted by atomic mass is 9.76. The topological polar surface area (TPSA) is 144 Å². The lowest BCUT2D eigenvalue weighted by molar-refractivity contribution is 0.0232. The Balaban J connectivity index is 1.52. The number of fused-ring (bicyclic) bond motifs is 2. The Kier molecular flexibility index (Phi) is 11.2. The molecular formula is C38H52N4O5. The zero-order valence-corrected chi connectivity index (χ0v) is 29.0. The second kappa shape index (κ2) is 14.6. The maximum Gasteiger partial charge on any atom is 0.262 e. The average Bonchev–Trinajstić information content (AvgIpc) is 3.47. The molecule has 2 aliphatic heterocycles. The van der Waals surface area contributed by atoms with Gasteiger partial charge in [-0.15, -0.1) is 0 Å². The van der Waals surface area contributed by atoms with Gasteiger partial charge in [0.1, 0.15) is 0 Å². The summed E-state index contributed by atoms with van der Waals surface area (Å²) in [6, 6.07) is 9.12. The van der Waals surface area contributed by atoms with Crippen LogP contribution in [0.15, 0.2) is 36.4 Å². The molecule has 0 saturated carbocycles. The highest BCUT2D eigenvalue weighted by molar-refractivity contribution is 6.24. The zero-order valence-electron chi connectivity index (χ0n) is 29.0. The number of nitrogens with zero attached hydrogens (tertiary/aromatic N) is 2. The van der Waals surface area contributed by atoms with Gasteiger partial charge in [-0.3, -0.25) is 33.8 Å². The predicted molar refractivity (Wildman–Crippen MR) is 183 cm³/mol. The number of amides is 4. The maximum atomic E-state index is 13.8. The molecule has 0 aliphatic carbocycles. The molecule has 254 valence electrons. The van der Waals surface area contributed by atoms with Gasteiger partial charge in [0, 0.05) is 23.2 Å². The van der Waals surface area contributed by atoms with Crippen LogP contribution < -0.4 is 11.5 Å². The number of hydrogen-bond donors (Lipinski definition) is 2. The van der Waals surface area contributed by atoms with Gasteiger partial charge < -0.3 is 11.5 Å². The third-order valence-electron chi connectivity index (χ3n) is 11.1. The van der Waals surface area contributed by atoms with Crippen LogP contribution in [0.4, 0.5) is 0 Å². The van der Waals surface area contributed by atoms with Gasteiger partial charge in [0.25, 0.3) is 23.6 Å². The molecule has 2 aromatic rings. The third-order valence-corrected chi connectivity index (χ3v) is 11.1. The fourth-order valence-electron chi connectivity index (χ4n) is 7.54. The standard InChI is InChI=1S/C38H52N4O5/c1-7-37(40,8-2)19-11-13-24(5)23-41-33(44)28-17-15-26(21-30(28)34(41)45)32(43)27-16-18-29-31(22-27)36(47)42(35(29)46)38(9-3,10-4)25(6)14-12-20-39/h15-18,21-22,24-25H,7-14,19-20,23,39-40H2,1-6H3. The van der Waals surface area contributed by atoms with Crippen LogP contribution in [-0.2, 0) is 0 Å². The summed E-state index contributed by atoms with van der Waals surface area (Å²) in [5.41, 5.74) is 12.8. The van der Waals surface area contributed by atoms with Crippen molar-refractivity contribution in [2.24, 2.45) is 23.3 Å². The molecule has 9 heteroatoms. The van der Waals surface area contributed by atoms with Gasteiger partial charge in [-0.05, 0) is 94.0 Å². The van der Waals surface area contributed by atoms with Crippen molar-refractivity contribution in [1.82, 2.24) is 9.80 Å². The van der Waals surface area contributed by atoms with E-state index in [1.807, 2.05) is 20.8 Å². The van der Waals surface area contributed by atoms with E-state index >= 15 is 0 Å². The molecule has 0 spiro atoms. The van der Waals surface area contributed by atoms with Crippen LogP contribution in [0.2, 0.25) is 0 Å². The second-order valence-corrected chi connectivity index (χ2v) is 13.7. The monoisotopic (exact) mass is 644 g/mol. The van der Waals surface area contributed by atoms with E-state index in [9.17, 15) is 24.0 Å². The van der Waals surface area contributed by atoms with Crippen molar-refractivity contribution in [2.75, 3.05) is 13.1 Å². The van der Waals surface area contributed by atoms with Gasteiger partial charge in [-0.25, -0.2) is 0 Å². The number of imide groups is 2. The maximum absolute atomic E-state index is 13.8. The van der Waals surface area contributed by atoms with Crippen molar-refractivity contribution in [3.05, 3.63) is 69.8 Å². The van der Waals surface area contributed by atoms with Crippen molar-refractivity contribution in [2.45, 2.75) is 110 Å². The summed E-state index contributed by atoms with van der Waals surface area (Å²) < 4.78 is 0. The number of rotatable bonds is 17. The highest BCUT2D eigenvalue weighted by Gasteiger charge is 2.50. The molecule has 2 unspecified atom stereocenters. The molecule has 2 aromatic carbocycles. The first-order valence-corrected chi connectivity index (χ1v) is 17.4. The van der Waals surface area contributed by atoms with E-state index in [-0.39, 0.29) is 62.6 Å². The minimum absolute atomic E-state index is 0.0473. The Hall–Kier alpha value is -3.69. The molecule has 0 bridgehead atoms. The zero-order chi connectivity index (χ0) is 34.7. The second-order valence-electron chi connectivity index (χ2n) is 13.7. The Morgan fingerprint density at radius 3 is 1.77 bits per heavy atom. The molecule has 0 radical (unpaired) electrons. The number of benzene rings is 2. The van der Waals surface area contributed by atoms with Crippen LogP contribution >= 0.6 is 0 Å². The van der Waals surface area contributed by atoms with Gasteiger partial charge in [-0.2, -0.15) is 0 Å². The number of carbonyl (C=O) groups excluding carboxylic acids is 5. The van der Waals surface area contributed by atoms with Crippen LogP contribution in [0.25, 0.3) is 0 Å². The molecule has 4 N–H and O–H groups in total. The molecule has 9 nitrogen and oxygen atoms in total. The summed E-state index contributed by atoms with van der Waals surface area (Å²) in [6.07, 6.45) is 7.27. The predicted octanol–water partition coefficient (Wildman–Crippen LogP) is 6.37. The SMILES string of the molecule is CCC(N)(CC)CCCC(C)CN1C(=O)c2ccc(C(=O)c3ccc4c(c3)C(=O)N(C(CC)(CC)C(C)CCCN)C4=O)cc2C1=O. The van der Waals surface area contributed by atoms with Crippen molar-refractivity contribution in [3.8, 4) is 0 Å². The average molecular weight is 645 g/mol. The van der Waals surface area contributed by atoms with Crippen LogP contribution in [0.1, 0.15) is 157 Å². The van der Waals surface area contributed by atoms with Gasteiger partial charge >= 0.3 is 0 Å². The molecular weight excluding hydrogens is 592 g/mol. The lowest BCUT2D eigenvalue weighted by Crippen LogP contribution is -2.55. The summed E-state index contributed by atoms with van der Waals surface area (Å²) in [5.74, 6) is -1.76. The first kappa shape index (κ1) is 36.2. The van der Waals surface area contributed by atoms with E-state index in [4.69, 9.17) is 11.5 Å². The molecule has 2 aliphatic rings. The minimum Gasteiger partial charge on any atom is -0.330 e. The molecule has 2 heterocycles. The van der Waals surface area contributed by atoms with E-state index in [1.165, 1.54) is 28.0 Å². The fraction of sp³-hybridized carbons (Fsp3) is 0.553. The van der Waals surface area contributed by atoms with Gasteiger partial charge in [0.15, 0.2) is 5.78 Å². The third kappa shape index (κ3) is 6.70. The quantitative estimate of drug-likeness (QED) is 0.150. The highest BCUT2D eigenvalue weighted by Crippen LogP contribution is 2.41. The van der Waals surface area contributed by atoms with Crippen LogP contribution in [-0.4, -0.2) is 63.4 Å². The van der Waals surface area contributed by atoms with Crippen LogP contribution in [0.5, 0.6) is 0 Å². The summed E-state index contributed by atoms with van der Waals surface area (Å²) in [4.78, 5) is 70.5. The molecule has 0 saturated heterocycles. The Morgan fingerprint density at radius 2 is 1.23 bits per heavy atom. The highest BCUT2D eigenvalue weighted by atomic mass is 16.2. The number of carbonyl (C=O) groups is 5. The number of ketones is 1. The van der Waals surface area contributed by atoms with E-state index in [1.54, 1.807) is 18.2 Å². The summed E-state index contributed by atoms with van der Waals surface area (Å²) in [7, 11) is 0. The Morgan fingerprint density at radius 1 is 0.723 bits per heavy atom. The molecule has 4 rings (SSSR count). The summed E-state index contributed by atoms with van der Waals surface area (Å²) in [5, 5.41) is 0. The van der Waals surface area contributed by atoms with Crippen molar-refractivity contribution < 1.29 is 24.0 Å². The van der Waals surface area contributed by atoms with Gasteiger partial charge in [0.05, 0.1) is 27.8 Å². The summed E-state index contributed by atoms with van der Waals surface area (Å²) >= 11 is 0. The fourth-order valence-corrected chi connectivity index (χ4v) is 7.54. The molecule has 47 heavy (non-hydrogen) atoms. The van der Waals surface area contributed by atoms with E-state index in [2.05, 4.69) is 20.8 Å². The van der Waals surface area contributed by atoms with Crippen molar-refractivity contribution in [1.29, 1.82) is 0 Å². The molecule has 0 fully saturated rings. The minimum atomic E-state index is -0.664. The van der Waals surface area contributed by atoms with Crippen molar-refractivity contribution >= 4 is 29.4 Å².